The molecular weight excluding hydrogens is 188 g/mol. The molecule has 3 heteroatoms. The van der Waals surface area contributed by atoms with E-state index in [2.05, 4.69) is 38.0 Å². The maximum atomic E-state index is 5.41. The fourth-order valence-corrected chi connectivity index (χ4v) is 1.93. The molecule has 1 heterocycles. The maximum Gasteiger partial charge on any atom is 0.0622 e. The molecule has 0 amide bonds. The van der Waals surface area contributed by atoms with E-state index >= 15 is 0 Å². The molecule has 1 fully saturated rings. The third kappa shape index (κ3) is 4.49. The Balaban J connectivity index is 2.17. The zero-order valence-corrected chi connectivity index (χ0v) is 10.6. The van der Waals surface area contributed by atoms with Crippen LogP contribution in [0.1, 0.15) is 27.2 Å². The molecule has 1 aliphatic rings. The molecule has 1 saturated heterocycles. The van der Waals surface area contributed by atoms with Crippen molar-refractivity contribution in [3.63, 3.8) is 0 Å². The Bertz CT molecular complexity index is 167. The lowest BCUT2D eigenvalue weighted by atomic mass is 10.1. The third-order valence-corrected chi connectivity index (χ3v) is 3.17. The van der Waals surface area contributed by atoms with Gasteiger partial charge in [-0.05, 0) is 32.9 Å². The second-order valence-corrected chi connectivity index (χ2v) is 5.08. The highest BCUT2D eigenvalue weighted by molar-refractivity contribution is 4.78. The fourth-order valence-electron chi connectivity index (χ4n) is 1.93. The van der Waals surface area contributed by atoms with Crippen molar-refractivity contribution in [1.82, 2.24) is 10.2 Å². The zero-order chi connectivity index (χ0) is 11.3. The molecule has 2 unspecified atom stereocenters. The van der Waals surface area contributed by atoms with Crippen LogP contribution in [0.3, 0.4) is 0 Å². The number of hydrogen-bond acceptors (Lipinski definition) is 3. The number of rotatable bonds is 6. The minimum absolute atomic E-state index is 0.593. The summed E-state index contributed by atoms with van der Waals surface area (Å²) in [6.07, 6.45) is 1.19. The van der Waals surface area contributed by atoms with E-state index in [0.717, 1.165) is 32.2 Å². The first-order valence-electron chi connectivity index (χ1n) is 6.11. The summed E-state index contributed by atoms with van der Waals surface area (Å²) in [4.78, 5) is 2.44. The smallest absolute Gasteiger partial charge is 0.0622 e. The van der Waals surface area contributed by atoms with Gasteiger partial charge in [-0.3, -0.25) is 4.90 Å². The lowest BCUT2D eigenvalue weighted by Crippen LogP contribution is -2.44. The third-order valence-electron chi connectivity index (χ3n) is 3.17. The van der Waals surface area contributed by atoms with E-state index < -0.39 is 0 Å². The Labute approximate surface area is 94.2 Å². The quantitative estimate of drug-likeness (QED) is 0.722. The van der Waals surface area contributed by atoms with Crippen molar-refractivity contribution in [2.45, 2.75) is 39.3 Å². The van der Waals surface area contributed by atoms with Crippen molar-refractivity contribution in [1.29, 1.82) is 0 Å². The van der Waals surface area contributed by atoms with Gasteiger partial charge in [0.1, 0.15) is 0 Å². The minimum atomic E-state index is 0.593. The Kier molecular flexibility index (Phi) is 5.58. The predicted molar refractivity (Wildman–Crippen MR) is 64.2 cm³/mol. The average Bonchev–Trinajstić information content (AvgIpc) is 2.68. The molecule has 15 heavy (non-hydrogen) atoms. The first-order valence-corrected chi connectivity index (χ1v) is 6.11. The summed E-state index contributed by atoms with van der Waals surface area (Å²) >= 11 is 0. The van der Waals surface area contributed by atoms with Crippen molar-refractivity contribution in [2.75, 3.05) is 33.4 Å². The monoisotopic (exact) mass is 214 g/mol. The zero-order valence-electron chi connectivity index (χ0n) is 10.6. The lowest BCUT2D eigenvalue weighted by Gasteiger charge is -2.30. The van der Waals surface area contributed by atoms with Gasteiger partial charge >= 0.3 is 0 Å². The molecule has 90 valence electrons. The molecule has 2 atom stereocenters. The Morgan fingerprint density at radius 2 is 2.07 bits per heavy atom. The molecule has 1 aliphatic heterocycles. The number of likely N-dealkylation sites (N-methyl/N-ethyl adjacent to an activating group) is 1. The first kappa shape index (κ1) is 12.9. The summed E-state index contributed by atoms with van der Waals surface area (Å²) < 4.78 is 5.41. The molecule has 0 bridgehead atoms. The highest BCUT2D eigenvalue weighted by Gasteiger charge is 2.23. The van der Waals surface area contributed by atoms with Crippen molar-refractivity contribution in [3.8, 4) is 0 Å². The largest absolute Gasteiger partial charge is 0.380 e. The van der Waals surface area contributed by atoms with Crippen molar-refractivity contribution < 1.29 is 4.74 Å². The first-order chi connectivity index (χ1) is 7.11. The summed E-state index contributed by atoms with van der Waals surface area (Å²) in [7, 11) is 2.21. The molecule has 0 spiro atoms. The van der Waals surface area contributed by atoms with E-state index in [9.17, 15) is 0 Å². The molecular formula is C12H26N2O. The molecule has 1 N–H and O–H groups in total. The van der Waals surface area contributed by atoms with Crippen molar-refractivity contribution in [2.24, 2.45) is 5.92 Å². The summed E-state index contributed by atoms with van der Waals surface area (Å²) in [5, 5.41) is 3.51. The van der Waals surface area contributed by atoms with Crippen LogP contribution >= 0.6 is 0 Å². The van der Waals surface area contributed by atoms with Gasteiger partial charge < -0.3 is 10.1 Å². The van der Waals surface area contributed by atoms with Gasteiger partial charge in [-0.15, -0.1) is 0 Å². The highest BCUT2D eigenvalue weighted by Crippen LogP contribution is 2.12. The van der Waals surface area contributed by atoms with Crippen LogP contribution in [-0.2, 0) is 4.74 Å². The van der Waals surface area contributed by atoms with Crippen LogP contribution in [-0.4, -0.2) is 50.3 Å². The Morgan fingerprint density at radius 3 is 2.60 bits per heavy atom. The van der Waals surface area contributed by atoms with E-state index in [1.807, 2.05) is 0 Å². The number of nitrogens with zero attached hydrogens (tertiary/aromatic N) is 1. The molecule has 0 aliphatic carbocycles. The predicted octanol–water partition coefficient (Wildman–Crippen LogP) is 1.34. The Morgan fingerprint density at radius 1 is 1.33 bits per heavy atom. The van der Waals surface area contributed by atoms with Gasteiger partial charge in [0.15, 0.2) is 0 Å². The van der Waals surface area contributed by atoms with E-state index in [-0.39, 0.29) is 0 Å². The molecule has 0 radical (unpaired) electrons. The van der Waals surface area contributed by atoms with Crippen LogP contribution in [0.4, 0.5) is 0 Å². The molecule has 0 saturated carbocycles. The number of ether oxygens (including phenoxy) is 1. The molecule has 0 aromatic carbocycles. The van der Waals surface area contributed by atoms with E-state index in [1.165, 1.54) is 6.42 Å². The topological polar surface area (TPSA) is 24.5 Å². The molecule has 0 aromatic rings. The van der Waals surface area contributed by atoms with E-state index in [0.29, 0.717) is 12.1 Å². The van der Waals surface area contributed by atoms with Crippen LogP contribution in [0.25, 0.3) is 0 Å². The summed E-state index contributed by atoms with van der Waals surface area (Å²) in [5.41, 5.74) is 0. The molecule has 1 rings (SSSR count). The van der Waals surface area contributed by atoms with Crippen LogP contribution in [0.15, 0.2) is 0 Å². The summed E-state index contributed by atoms with van der Waals surface area (Å²) in [5.74, 6) is 0.734. The van der Waals surface area contributed by atoms with Gasteiger partial charge in [0.05, 0.1) is 6.61 Å². The van der Waals surface area contributed by atoms with E-state index in [4.69, 9.17) is 4.74 Å². The van der Waals surface area contributed by atoms with E-state index in [1.54, 1.807) is 0 Å². The molecule has 3 nitrogen and oxygen atoms in total. The second kappa shape index (κ2) is 6.46. The van der Waals surface area contributed by atoms with Crippen molar-refractivity contribution >= 4 is 0 Å². The average molecular weight is 214 g/mol. The lowest BCUT2D eigenvalue weighted by molar-refractivity contribution is 0.136. The second-order valence-electron chi connectivity index (χ2n) is 5.08. The van der Waals surface area contributed by atoms with Gasteiger partial charge in [0.25, 0.3) is 0 Å². The van der Waals surface area contributed by atoms with Crippen molar-refractivity contribution in [3.05, 3.63) is 0 Å². The fraction of sp³-hybridized carbons (Fsp3) is 1.00. The van der Waals surface area contributed by atoms with Crippen LogP contribution in [0, 0.1) is 5.92 Å². The minimum Gasteiger partial charge on any atom is -0.380 e. The molecule has 0 aromatic heterocycles. The van der Waals surface area contributed by atoms with Gasteiger partial charge in [0.2, 0.25) is 0 Å². The number of hydrogen-bond donors (Lipinski definition) is 1. The summed E-state index contributed by atoms with van der Waals surface area (Å²) in [6.45, 7) is 10.8. The van der Waals surface area contributed by atoms with Gasteiger partial charge in [0, 0.05) is 25.2 Å². The highest BCUT2D eigenvalue weighted by atomic mass is 16.5. The Hall–Kier alpha value is -0.120. The SMILES string of the molecule is CC(C)CNCC(C)N(C)C1CCOC1. The number of nitrogens with one attached hydrogen (secondary N) is 1. The standard InChI is InChI=1S/C12H26N2O/c1-10(2)7-13-8-11(3)14(4)12-5-6-15-9-12/h10-13H,5-9H2,1-4H3. The van der Waals surface area contributed by atoms with Gasteiger partial charge in [-0.25, -0.2) is 0 Å². The van der Waals surface area contributed by atoms with Crippen LogP contribution < -0.4 is 5.32 Å². The normalized spacial score (nSPS) is 24.0. The maximum absolute atomic E-state index is 5.41. The van der Waals surface area contributed by atoms with Crippen LogP contribution in [0.5, 0.6) is 0 Å². The van der Waals surface area contributed by atoms with Gasteiger partial charge in [-0.1, -0.05) is 13.8 Å². The summed E-state index contributed by atoms with van der Waals surface area (Å²) in [6, 6.07) is 1.22. The van der Waals surface area contributed by atoms with Crippen LogP contribution in [0.2, 0.25) is 0 Å². The van der Waals surface area contributed by atoms with Gasteiger partial charge in [-0.2, -0.15) is 0 Å².